The van der Waals surface area contributed by atoms with E-state index in [1.807, 2.05) is 26.2 Å². The van der Waals surface area contributed by atoms with Crippen molar-refractivity contribution in [3.8, 4) is 28.2 Å². The Balaban J connectivity index is 1.76. The Morgan fingerprint density at radius 2 is 1.33 bits per heavy atom. The Morgan fingerprint density at radius 1 is 0.750 bits per heavy atom. The van der Waals surface area contributed by atoms with Gasteiger partial charge < -0.3 is 14.4 Å². The number of benzene rings is 3. The van der Waals surface area contributed by atoms with Crippen LogP contribution in [-0.2, 0) is 6.54 Å². The summed E-state index contributed by atoms with van der Waals surface area (Å²) in [6.07, 6.45) is 1.44. The van der Waals surface area contributed by atoms with Crippen LogP contribution in [0.5, 0.6) is 0 Å². The number of nitrogens with zero attached hydrogens (tertiary/aromatic N) is 3. The van der Waals surface area contributed by atoms with Gasteiger partial charge >= 0.3 is 0 Å². The highest BCUT2D eigenvalue weighted by atomic mass is 79.9. The third kappa shape index (κ3) is 6.22. The zero-order valence-corrected chi connectivity index (χ0v) is 23.1. The van der Waals surface area contributed by atoms with Gasteiger partial charge in [0.1, 0.15) is 0 Å². The third-order valence-electron chi connectivity index (χ3n) is 6.25. The number of hydrogen-bond acceptors (Lipinski definition) is 3. The topological polar surface area (TPSA) is 28.5 Å². The van der Waals surface area contributed by atoms with Gasteiger partial charge in [0.05, 0.1) is 17.1 Å². The van der Waals surface area contributed by atoms with Gasteiger partial charge in [-0.05, 0) is 88.2 Å². The van der Waals surface area contributed by atoms with Crippen LogP contribution in [0.15, 0.2) is 89.4 Å². The highest BCUT2D eigenvalue weighted by Crippen LogP contribution is 2.34. The fraction of sp³-hybridized carbons (Fsp3) is 0.258. The van der Waals surface area contributed by atoms with E-state index in [4.69, 9.17) is 0 Å². The van der Waals surface area contributed by atoms with Gasteiger partial charge in [0.2, 0.25) is 0 Å². The molecule has 0 bridgehead atoms. The van der Waals surface area contributed by atoms with Crippen LogP contribution in [0.4, 0.5) is 0 Å². The second kappa shape index (κ2) is 11.8. The van der Waals surface area contributed by atoms with E-state index < -0.39 is 0 Å². The number of ketones is 1. The third-order valence-corrected chi connectivity index (χ3v) is 6.78. The van der Waals surface area contributed by atoms with Crippen molar-refractivity contribution in [3.63, 3.8) is 0 Å². The molecule has 36 heavy (non-hydrogen) atoms. The lowest BCUT2D eigenvalue weighted by Crippen LogP contribution is -2.14. The summed E-state index contributed by atoms with van der Waals surface area (Å²) in [6.45, 7) is 1.76. The average Bonchev–Trinajstić information content (AvgIpc) is 3.29. The fourth-order valence-electron chi connectivity index (χ4n) is 4.50. The van der Waals surface area contributed by atoms with Crippen LogP contribution in [0.3, 0.4) is 0 Å². The minimum Gasteiger partial charge on any atom is -0.309 e. The molecule has 0 spiro atoms. The first-order chi connectivity index (χ1) is 17.3. The molecule has 4 aromatic rings. The average molecular weight is 545 g/mol. The maximum atomic E-state index is 12.7. The van der Waals surface area contributed by atoms with E-state index in [1.165, 1.54) is 5.56 Å². The smallest absolute Gasteiger partial charge is 0.162 e. The molecule has 0 aliphatic heterocycles. The molecule has 0 radical (unpaired) electrons. The molecule has 1 aromatic heterocycles. The van der Waals surface area contributed by atoms with E-state index in [1.54, 1.807) is 0 Å². The molecule has 0 unspecified atom stereocenters. The molecule has 0 aliphatic carbocycles. The second-order valence-electron chi connectivity index (χ2n) is 9.72. The van der Waals surface area contributed by atoms with Crippen LogP contribution in [0.2, 0.25) is 0 Å². The van der Waals surface area contributed by atoms with E-state index in [2.05, 4.69) is 117 Å². The number of halogens is 1. The second-order valence-corrected chi connectivity index (χ2v) is 10.6. The Morgan fingerprint density at radius 3 is 1.92 bits per heavy atom. The summed E-state index contributed by atoms with van der Waals surface area (Å²) >= 11 is 3.56. The number of hydrogen-bond donors (Lipinski definition) is 0. The summed E-state index contributed by atoms with van der Waals surface area (Å²) in [4.78, 5) is 17.0. The normalized spacial score (nSPS) is 11.4. The van der Waals surface area contributed by atoms with E-state index >= 15 is 0 Å². The van der Waals surface area contributed by atoms with Crippen molar-refractivity contribution in [1.82, 2.24) is 14.4 Å². The minimum atomic E-state index is 0.200. The molecule has 4 nitrogen and oxygen atoms in total. The molecule has 0 aliphatic rings. The molecule has 3 aromatic carbocycles. The number of aromatic nitrogens is 1. The number of para-hydroxylation sites is 1. The molecule has 0 fully saturated rings. The molecule has 0 saturated heterocycles. The van der Waals surface area contributed by atoms with Gasteiger partial charge in [0.15, 0.2) is 5.78 Å². The van der Waals surface area contributed by atoms with Crippen molar-refractivity contribution in [3.05, 3.63) is 101 Å². The minimum absolute atomic E-state index is 0.200. The molecule has 186 valence electrons. The number of rotatable bonds is 10. The molecular formula is C31H34BrN3O. The SMILES string of the molecule is CN(C)CCCC(=O)c1ccc(-c2ccc(-c3ccc(Br)cc3)n2-c2ccccc2CN(C)C)cc1. The van der Waals surface area contributed by atoms with Crippen molar-refractivity contribution in [1.29, 1.82) is 0 Å². The Hall–Kier alpha value is -2.99. The number of Topliss-reactive ketones (excluding diaryl/α,β-unsaturated/α-hetero) is 1. The van der Waals surface area contributed by atoms with Crippen LogP contribution in [0.1, 0.15) is 28.8 Å². The lowest BCUT2D eigenvalue weighted by Gasteiger charge is -2.20. The van der Waals surface area contributed by atoms with Crippen molar-refractivity contribution in [2.45, 2.75) is 19.4 Å². The maximum Gasteiger partial charge on any atom is 0.162 e. The van der Waals surface area contributed by atoms with Gasteiger partial charge in [-0.15, -0.1) is 0 Å². The predicted molar refractivity (Wildman–Crippen MR) is 154 cm³/mol. The van der Waals surface area contributed by atoms with Gasteiger partial charge in [-0.25, -0.2) is 0 Å². The van der Waals surface area contributed by atoms with Gasteiger partial charge in [-0.2, -0.15) is 0 Å². The van der Waals surface area contributed by atoms with E-state index in [9.17, 15) is 4.79 Å². The van der Waals surface area contributed by atoms with Gasteiger partial charge in [0, 0.05) is 23.0 Å². The lowest BCUT2D eigenvalue weighted by atomic mass is 10.0. The van der Waals surface area contributed by atoms with E-state index in [0.717, 1.165) is 57.7 Å². The van der Waals surface area contributed by atoms with E-state index in [0.29, 0.717) is 6.42 Å². The molecule has 0 saturated carbocycles. The van der Waals surface area contributed by atoms with Crippen LogP contribution < -0.4 is 0 Å². The monoisotopic (exact) mass is 543 g/mol. The molecule has 0 atom stereocenters. The van der Waals surface area contributed by atoms with E-state index in [-0.39, 0.29) is 5.78 Å². The Labute approximate surface area is 223 Å². The van der Waals surface area contributed by atoms with Crippen molar-refractivity contribution < 1.29 is 4.79 Å². The summed E-state index contributed by atoms with van der Waals surface area (Å²) in [5, 5.41) is 0. The maximum absolute atomic E-state index is 12.7. The quantitative estimate of drug-likeness (QED) is 0.198. The van der Waals surface area contributed by atoms with Gasteiger partial charge in [-0.1, -0.05) is 70.5 Å². The molecule has 0 amide bonds. The molecule has 4 rings (SSSR count). The molecule has 5 heteroatoms. The number of carbonyl (C=O) groups excluding carboxylic acids is 1. The van der Waals surface area contributed by atoms with Gasteiger partial charge in [0.25, 0.3) is 0 Å². The van der Waals surface area contributed by atoms with Crippen LogP contribution in [0, 0.1) is 0 Å². The van der Waals surface area contributed by atoms with Crippen LogP contribution in [0.25, 0.3) is 28.2 Å². The highest BCUT2D eigenvalue weighted by molar-refractivity contribution is 9.10. The first-order valence-electron chi connectivity index (χ1n) is 12.3. The Bertz CT molecular complexity index is 1300. The predicted octanol–water partition coefficient (Wildman–Crippen LogP) is 7.16. The van der Waals surface area contributed by atoms with Crippen LogP contribution >= 0.6 is 15.9 Å². The van der Waals surface area contributed by atoms with Gasteiger partial charge in [-0.3, -0.25) is 4.79 Å². The first-order valence-corrected chi connectivity index (χ1v) is 13.1. The first kappa shape index (κ1) is 26.1. The Kier molecular flexibility index (Phi) is 8.57. The summed E-state index contributed by atoms with van der Waals surface area (Å²) in [5.41, 5.74) is 7.66. The summed E-state index contributed by atoms with van der Waals surface area (Å²) in [5.74, 6) is 0.200. The largest absolute Gasteiger partial charge is 0.309 e. The summed E-state index contributed by atoms with van der Waals surface area (Å²) in [7, 11) is 8.26. The van der Waals surface area contributed by atoms with Crippen molar-refractivity contribution >= 4 is 21.7 Å². The van der Waals surface area contributed by atoms with Crippen molar-refractivity contribution in [2.75, 3.05) is 34.7 Å². The zero-order valence-electron chi connectivity index (χ0n) is 21.5. The fourth-order valence-corrected chi connectivity index (χ4v) is 4.76. The molecule has 0 N–H and O–H groups in total. The highest BCUT2D eigenvalue weighted by Gasteiger charge is 2.17. The van der Waals surface area contributed by atoms with Crippen molar-refractivity contribution in [2.24, 2.45) is 0 Å². The molecule has 1 heterocycles. The zero-order chi connectivity index (χ0) is 25.7. The number of carbonyl (C=O) groups is 1. The van der Waals surface area contributed by atoms with Crippen LogP contribution in [-0.4, -0.2) is 54.9 Å². The summed E-state index contributed by atoms with van der Waals surface area (Å²) < 4.78 is 3.40. The lowest BCUT2D eigenvalue weighted by molar-refractivity contribution is 0.0977. The summed E-state index contributed by atoms with van der Waals surface area (Å²) in [6, 6.07) is 29.5. The standard InChI is InChI=1S/C31H34BrN3O/c1-33(2)21-7-10-31(36)25-13-11-23(12-14-25)29-19-20-30(24-15-17-27(32)18-16-24)35(29)28-9-6-5-8-26(28)22-34(3)4/h5-6,8-9,11-20H,7,10,21-22H2,1-4H3. The molecular weight excluding hydrogens is 510 g/mol.